The summed E-state index contributed by atoms with van der Waals surface area (Å²) in [6.07, 6.45) is 0.809. The monoisotopic (exact) mass is 407 g/mol. The standard InChI is InChI=1S/C21H26ClNO3S/c1-5-20(27-17-9-7-16(22)8-10-17)21(24)23-13-15-6-11-18(26-14(2)3)19(12-15)25-4/h6-12,14,20H,5,13H2,1-4H3,(H,23,24)/t20-/m1/s1. The Bertz CT molecular complexity index is 750. The molecule has 2 rings (SSSR count). The molecule has 1 amide bonds. The zero-order valence-corrected chi connectivity index (χ0v) is 17.7. The van der Waals surface area contributed by atoms with Gasteiger partial charge in [-0.15, -0.1) is 11.8 Å². The summed E-state index contributed by atoms with van der Waals surface area (Å²) in [6.45, 7) is 6.39. The topological polar surface area (TPSA) is 47.6 Å². The Kier molecular flexibility index (Phi) is 8.32. The van der Waals surface area contributed by atoms with Gasteiger partial charge in [0, 0.05) is 16.5 Å². The number of carbonyl (C=O) groups excluding carboxylic acids is 1. The van der Waals surface area contributed by atoms with Crippen molar-refractivity contribution in [3.63, 3.8) is 0 Å². The molecule has 0 fully saturated rings. The lowest BCUT2D eigenvalue weighted by molar-refractivity contribution is -0.120. The molecule has 4 nitrogen and oxygen atoms in total. The summed E-state index contributed by atoms with van der Waals surface area (Å²) in [5.41, 5.74) is 0.961. The molecule has 27 heavy (non-hydrogen) atoms. The van der Waals surface area contributed by atoms with Crippen LogP contribution in [0, 0.1) is 0 Å². The summed E-state index contributed by atoms with van der Waals surface area (Å²) in [6, 6.07) is 13.2. The van der Waals surface area contributed by atoms with Crippen molar-refractivity contribution in [3.05, 3.63) is 53.1 Å². The molecule has 0 heterocycles. The van der Waals surface area contributed by atoms with Crippen molar-refractivity contribution in [2.75, 3.05) is 7.11 Å². The van der Waals surface area contributed by atoms with Gasteiger partial charge < -0.3 is 14.8 Å². The van der Waals surface area contributed by atoms with E-state index in [2.05, 4.69) is 5.32 Å². The normalized spacial score (nSPS) is 11.9. The minimum absolute atomic E-state index is 0.0129. The first-order valence-corrected chi connectivity index (χ1v) is 10.2. The molecular weight excluding hydrogens is 382 g/mol. The molecule has 0 saturated heterocycles. The van der Waals surface area contributed by atoms with Crippen LogP contribution < -0.4 is 14.8 Å². The van der Waals surface area contributed by atoms with E-state index in [0.717, 1.165) is 16.9 Å². The van der Waals surface area contributed by atoms with Gasteiger partial charge in [0.2, 0.25) is 5.91 Å². The first kappa shape index (κ1) is 21.5. The number of thioether (sulfide) groups is 1. The van der Waals surface area contributed by atoms with E-state index >= 15 is 0 Å². The molecule has 2 aromatic rings. The number of hydrogen-bond donors (Lipinski definition) is 1. The maximum atomic E-state index is 12.6. The lowest BCUT2D eigenvalue weighted by Gasteiger charge is -2.16. The SMILES string of the molecule is CC[C@@H](Sc1ccc(Cl)cc1)C(=O)NCc1ccc(OC(C)C)c(OC)c1. The van der Waals surface area contributed by atoms with Crippen LogP contribution >= 0.6 is 23.4 Å². The second-order valence-corrected chi connectivity index (χ2v) is 8.05. The van der Waals surface area contributed by atoms with Crippen LogP contribution in [-0.2, 0) is 11.3 Å². The Morgan fingerprint density at radius 1 is 1.15 bits per heavy atom. The van der Waals surface area contributed by atoms with E-state index in [-0.39, 0.29) is 17.3 Å². The van der Waals surface area contributed by atoms with E-state index in [1.54, 1.807) is 18.9 Å². The number of carbonyl (C=O) groups is 1. The van der Waals surface area contributed by atoms with Gasteiger partial charge in [0.15, 0.2) is 11.5 Å². The lowest BCUT2D eigenvalue weighted by Crippen LogP contribution is -2.31. The Morgan fingerprint density at radius 3 is 2.44 bits per heavy atom. The largest absolute Gasteiger partial charge is 0.493 e. The Labute approximate surface area is 170 Å². The molecule has 0 aliphatic rings. The first-order chi connectivity index (χ1) is 12.9. The summed E-state index contributed by atoms with van der Waals surface area (Å²) in [7, 11) is 1.61. The van der Waals surface area contributed by atoms with Crippen molar-refractivity contribution in [2.24, 2.45) is 0 Å². The summed E-state index contributed by atoms with van der Waals surface area (Å²) < 4.78 is 11.1. The predicted molar refractivity (Wildman–Crippen MR) is 112 cm³/mol. The van der Waals surface area contributed by atoms with Crippen LogP contribution in [0.2, 0.25) is 5.02 Å². The fourth-order valence-electron chi connectivity index (χ4n) is 2.48. The molecule has 1 N–H and O–H groups in total. The van der Waals surface area contributed by atoms with Crippen molar-refractivity contribution in [2.45, 2.75) is 50.0 Å². The number of methoxy groups -OCH3 is 1. The fourth-order valence-corrected chi connectivity index (χ4v) is 3.58. The number of hydrogen-bond acceptors (Lipinski definition) is 4. The summed E-state index contributed by atoms with van der Waals surface area (Å²) in [4.78, 5) is 13.6. The maximum Gasteiger partial charge on any atom is 0.233 e. The highest BCUT2D eigenvalue weighted by molar-refractivity contribution is 8.00. The van der Waals surface area contributed by atoms with Crippen molar-refractivity contribution >= 4 is 29.3 Å². The van der Waals surface area contributed by atoms with Gasteiger partial charge in [0.1, 0.15) is 0 Å². The highest BCUT2D eigenvalue weighted by Gasteiger charge is 2.18. The summed E-state index contributed by atoms with van der Waals surface area (Å²) in [5, 5.41) is 3.55. The lowest BCUT2D eigenvalue weighted by atomic mass is 10.2. The number of amides is 1. The van der Waals surface area contributed by atoms with E-state index in [1.807, 2.05) is 63.2 Å². The van der Waals surface area contributed by atoms with Gasteiger partial charge in [-0.05, 0) is 62.2 Å². The molecule has 0 aliphatic heterocycles. The molecule has 0 bridgehead atoms. The fraction of sp³-hybridized carbons (Fsp3) is 0.381. The van der Waals surface area contributed by atoms with E-state index in [0.29, 0.717) is 23.1 Å². The molecule has 2 aromatic carbocycles. The van der Waals surface area contributed by atoms with Crippen LogP contribution in [0.3, 0.4) is 0 Å². The zero-order chi connectivity index (χ0) is 19.8. The molecule has 1 atom stereocenters. The number of halogens is 1. The summed E-state index contributed by atoms with van der Waals surface area (Å²) in [5.74, 6) is 1.38. The third-order valence-electron chi connectivity index (χ3n) is 3.81. The van der Waals surface area contributed by atoms with Crippen LogP contribution in [0.5, 0.6) is 11.5 Å². The zero-order valence-electron chi connectivity index (χ0n) is 16.1. The van der Waals surface area contributed by atoms with E-state index in [9.17, 15) is 4.79 Å². The first-order valence-electron chi connectivity index (χ1n) is 8.96. The second-order valence-electron chi connectivity index (χ2n) is 6.34. The minimum atomic E-state index is -0.156. The van der Waals surface area contributed by atoms with Crippen LogP contribution in [0.1, 0.15) is 32.8 Å². The molecule has 146 valence electrons. The molecule has 0 aliphatic carbocycles. The second kappa shape index (κ2) is 10.5. The van der Waals surface area contributed by atoms with Crippen LogP contribution in [0.15, 0.2) is 47.4 Å². The van der Waals surface area contributed by atoms with Crippen molar-refractivity contribution in [3.8, 4) is 11.5 Å². The number of rotatable bonds is 9. The third-order valence-corrected chi connectivity index (χ3v) is 5.44. The van der Waals surface area contributed by atoms with E-state index < -0.39 is 0 Å². The molecule has 6 heteroatoms. The highest BCUT2D eigenvalue weighted by Crippen LogP contribution is 2.29. The molecule has 0 saturated carbocycles. The van der Waals surface area contributed by atoms with Gasteiger partial charge in [-0.2, -0.15) is 0 Å². The van der Waals surface area contributed by atoms with Gasteiger partial charge in [-0.3, -0.25) is 4.79 Å². The third kappa shape index (κ3) is 6.67. The Hall–Kier alpha value is -1.85. The average molecular weight is 408 g/mol. The minimum Gasteiger partial charge on any atom is -0.493 e. The maximum absolute atomic E-state index is 12.6. The molecule has 0 spiro atoms. The average Bonchev–Trinajstić information content (AvgIpc) is 2.66. The van der Waals surface area contributed by atoms with Crippen LogP contribution in [0.4, 0.5) is 0 Å². The molecule has 0 unspecified atom stereocenters. The number of nitrogens with one attached hydrogen (secondary N) is 1. The number of benzene rings is 2. The van der Waals surface area contributed by atoms with Gasteiger partial charge in [0.05, 0.1) is 18.5 Å². The smallest absolute Gasteiger partial charge is 0.233 e. The van der Waals surface area contributed by atoms with Crippen molar-refractivity contribution in [1.82, 2.24) is 5.32 Å². The molecular formula is C21H26ClNO3S. The highest BCUT2D eigenvalue weighted by atomic mass is 35.5. The van der Waals surface area contributed by atoms with Crippen molar-refractivity contribution in [1.29, 1.82) is 0 Å². The van der Waals surface area contributed by atoms with Crippen LogP contribution in [-0.4, -0.2) is 24.4 Å². The Balaban J connectivity index is 1.97. The molecule has 0 aromatic heterocycles. The van der Waals surface area contributed by atoms with Gasteiger partial charge in [0.25, 0.3) is 0 Å². The van der Waals surface area contributed by atoms with Gasteiger partial charge in [-0.25, -0.2) is 0 Å². The van der Waals surface area contributed by atoms with Crippen molar-refractivity contribution < 1.29 is 14.3 Å². The van der Waals surface area contributed by atoms with E-state index in [4.69, 9.17) is 21.1 Å². The van der Waals surface area contributed by atoms with Gasteiger partial charge >= 0.3 is 0 Å². The predicted octanol–water partition coefficient (Wildman–Crippen LogP) is 5.32. The van der Waals surface area contributed by atoms with Crippen LogP contribution in [0.25, 0.3) is 0 Å². The quantitative estimate of drug-likeness (QED) is 0.571. The van der Waals surface area contributed by atoms with Gasteiger partial charge in [-0.1, -0.05) is 24.6 Å². The Morgan fingerprint density at radius 2 is 1.85 bits per heavy atom. The number of ether oxygens (including phenoxy) is 2. The molecule has 0 radical (unpaired) electrons. The summed E-state index contributed by atoms with van der Waals surface area (Å²) >= 11 is 7.46. The van der Waals surface area contributed by atoms with E-state index in [1.165, 1.54) is 0 Å².